The Morgan fingerprint density at radius 1 is 1.19 bits per heavy atom. The first-order chi connectivity index (χ1) is 12.6. The van der Waals surface area contributed by atoms with Crippen molar-refractivity contribution >= 4 is 17.5 Å². The van der Waals surface area contributed by atoms with Gasteiger partial charge >= 0.3 is 0 Å². The summed E-state index contributed by atoms with van der Waals surface area (Å²) in [7, 11) is 1.58. The summed E-state index contributed by atoms with van der Waals surface area (Å²) in [6.07, 6.45) is 9.10. The summed E-state index contributed by atoms with van der Waals surface area (Å²) < 4.78 is 5.19. The molecule has 0 spiro atoms. The van der Waals surface area contributed by atoms with E-state index in [1.54, 1.807) is 19.5 Å². The Morgan fingerprint density at radius 2 is 1.96 bits per heavy atom. The monoisotopic (exact) mass is 372 g/mol. The fourth-order valence-electron chi connectivity index (χ4n) is 3.55. The van der Waals surface area contributed by atoms with E-state index in [4.69, 9.17) is 16.3 Å². The van der Waals surface area contributed by atoms with Crippen molar-refractivity contribution < 1.29 is 9.53 Å². The minimum absolute atomic E-state index is 0.0566. The number of ether oxygens (including phenoxy) is 1. The molecule has 1 aliphatic carbocycles. The lowest BCUT2D eigenvalue weighted by Crippen LogP contribution is -2.37. The molecule has 0 saturated heterocycles. The van der Waals surface area contributed by atoms with E-state index in [1.807, 2.05) is 24.3 Å². The highest BCUT2D eigenvalue weighted by atomic mass is 35.5. The fourth-order valence-corrected chi connectivity index (χ4v) is 3.81. The predicted octanol–water partition coefficient (Wildman–Crippen LogP) is 5.11. The Labute approximate surface area is 159 Å². The smallest absolute Gasteiger partial charge is 0.253 e. The molecule has 1 saturated carbocycles. The van der Waals surface area contributed by atoms with Crippen LogP contribution >= 0.6 is 11.6 Å². The summed E-state index contributed by atoms with van der Waals surface area (Å²) in [5.74, 6) is 1.38. The lowest BCUT2D eigenvalue weighted by molar-refractivity contribution is 0.0921. The lowest BCUT2D eigenvalue weighted by atomic mass is 9.84. The normalized spacial score (nSPS) is 19.8. The molecule has 1 amide bonds. The summed E-state index contributed by atoms with van der Waals surface area (Å²) in [4.78, 5) is 16.9. The maximum Gasteiger partial charge on any atom is 0.253 e. The van der Waals surface area contributed by atoms with Gasteiger partial charge in [0, 0.05) is 24.0 Å². The van der Waals surface area contributed by atoms with E-state index in [0.717, 1.165) is 29.9 Å². The molecular weight excluding hydrogens is 348 g/mol. The fraction of sp³-hybridized carbons (Fsp3) is 0.429. The van der Waals surface area contributed by atoms with Crippen LogP contribution in [-0.2, 0) is 0 Å². The van der Waals surface area contributed by atoms with Crippen LogP contribution < -0.4 is 10.1 Å². The van der Waals surface area contributed by atoms with Gasteiger partial charge in [-0.1, -0.05) is 31.0 Å². The van der Waals surface area contributed by atoms with Gasteiger partial charge in [0.05, 0.1) is 17.7 Å². The number of amides is 1. The number of hydrogen-bond donors (Lipinski definition) is 1. The first-order valence-electron chi connectivity index (χ1n) is 9.20. The second kappa shape index (κ2) is 8.54. The number of benzene rings is 1. The molecule has 0 bridgehead atoms. The third kappa shape index (κ3) is 4.36. The number of nitrogens with zero attached hydrogens (tertiary/aromatic N) is 1. The molecular formula is C21H25ClN2O2. The van der Waals surface area contributed by atoms with Crippen molar-refractivity contribution in [2.45, 2.75) is 45.1 Å². The highest BCUT2D eigenvalue weighted by Crippen LogP contribution is 2.30. The van der Waals surface area contributed by atoms with Crippen molar-refractivity contribution in [2.24, 2.45) is 5.92 Å². The average Bonchev–Trinajstić information content (AvgIpc) is 2.68. The van der Waals surface area contributed by atoms with E-state index in [-0.39, 0.29) is 11.9 Å². The van der Waals surface area contributed by atoms with Crippen molar-refractivity contribution in [3.8, 4) is 16.9 Å². The summed E-state index contributed by atoms with van der Waals surface area (Å²) in [5, 5.41) is 3.70. The van der Waals surface area contributed by atoms with Crippen LogP contribution in [0, 0.1) is 5.92 Å². The van der Waals surface area contributed by atoms with Crippen LogP contribution in [0.3, 0.4) is 0 Å². The van der Waals surface area contributed by atoms with E-state index in [2.05, 4.69) is 17.2 Å². The zero-order valence-corrected chi connectivity index (χ0v) is 16.1. The summed E-state index contributed by atoms with van der Waals surface area (Å²) in [6, 6.07) is 7.68. The molecule has 5 heteroatoms. The number of nitrogens with one attached hydrogen (secondary N) is 1. The molecule has 1 aromatic heterocycles. The van der Waals surface area contributed by atoms with Gasteiger partial charge in [-0.2, -0.15) is 0 Å². The molecule has 26 heavy (non-hydrogen) atoms. The second-order valence-electron chi connectivity index (χ2n) is 6.91. The van der Waals surface area contributed by atoms with Crippen LogP contribution in [0.2, 0.25) is 5.02 Å². The average molecular weight is 373 g/mol. The zero-order chi connectivity index (χ0) is 18.5. The second-order valence-corrected chi connectivity index (χ2v) is 7.32. The number of pyridine rings is 1. The number of aromatic nitrogens is 1. The standard InChI is InChI=1S/C21H25ClN2O2/c1-3-14-4-7-18(8-5-14)24-21(25)17-10-16(12-23-13-17)15-6-9-20(26-2)19(22)11-15/h6,9-14,18H,3-5,7-8H2,1-2H3,(H,24,25). The molecule has 1 heterocycles. The highest BCUT2D eigenvalue weighted by Gasteiger charge is 2.22. The largest absolute Gasteiger partial charge is 0.495 e. The Morgan fingerprint density at radius 3 is 2.62 bits per heavy atom. The summed E-state index contributed by atoms with van der Waals surface area (Å²) >= 11 is 6.21. The molecule has 1 aliphatic rings. The zero-order valence-electron chi connectivity index (χ0n) is 15.3. The number of halogens is 1. The third-order valence-corrected chi connectivity index (χ3v) is 5.54. The van der Waals surface area contributed by atoms with Crippen LogP contribution in [0.5, 0.6) is 5.75 Å². The van der Waals surface area contributed by atoms with Crippen molar-refractivity contribution in [1.82, 2.24) is 10.3 Å². The van der Waals surface area contributed by atoms with Crippen LogP contribution in [0.15, 0.2) is 36.7 Å². The van der Waals surface area contributed by atoms with Crippen LogP contribution in [0.4, 0.5) is 0 Å². The van der Waals surface area contributed by atoms with Crippen molar-refractivity contribution in [3.05, 3.63) is 47.2 Å². The highest BCUT2D eigenvalue weighted by molar-refractivity contribution is 6.32. The maximum atomic E-state index is 12.6. The van der Waals surface area contributed by atoms with Gasteiger partial charge in [0.1, 0.15) is 5.75 Å². The molecule has 4 nitrogen and oxygen atoms in total. The minimum atomic E-state index is -0.0566. The first kappa shape index (κ1) is 18.7. The van der Waals surface area contributed by atoms with Gasteiger partial charge in [0.25, 0.3) is 5.91 Å². The predicted molar refractivity (Wildman–Crippen MR) is 105 cm³/mol. The van der Waals surface area contributed by atoms with Gasteiger partial charge in [0.2, 0.25) is 0 Å². The van der Waals surface area contributed by atoms with E-state index < -0.39 is 0 Å². The minimum Gasteiger partial charge on any atom is -0.495 e. The molecule has 1 N–H and O–H groups in total. The Kier molecular flexibility index (Phi) is 6.15. The number of hydrogen-bond acceptors (Lipinski definition) is 3. The van der Waals surface area contributed by atoms with Gasteiger partial charge in [0.15, 0.2) is 0 Å². The van der Waals surface area contributed by atoms with Crippen molar-refractivity contribution in [3.63, 3.8) is 0 Å². The van der Waals surface area contributed by atoms with E-state index in [1.165, 1.54) is 19.3 Å². The maximum absolute atomic E-state index is 12.6. The Balaban J connectivity index is 1.71. The molecule has 0 aliphatic heterocycles. The molecule has 3 rings (SSSR count). The molecule has 2 aromatic rings. The lowest BCUT2D eigenvalue weighted by Gasteiger charge is -2.28. The molecule has 0 unspecified atom stereocenters. The van der Waals surface area contributed by atoms with Crippen molar-refractivity contribution in [2.75, 3.05) is 7.11 Å². The van der Waals surface area contributed by atoms with Gasteiger partial charge < -0.3 is 10.1 Å². The van der Waals surface area contributed by atoms with E-state index in [9.17, 15) is 4.79 Å². The van der Waals surface area contributed by atoms with Gasteiger partial charge in [-0.25, -0.2) is 0 Å². The van der Waals surface area contributed by atoms with Gasteiger partial charge in [-0.3, -0.25) is 9.78 Å². The topological polar surface area (TPSA) is 51.2 Å². The summed E-state index contributed by atoms with van der Waals surface area (Å²) in [5.41, 5.74) is 2.34. The summed E-state index contributed by atoms with van der Waals surface area (Å²) in [6.45, 7) is 2.24. The molecule has 1 aromatic carbocycles. The quantitative estimate of drug-likeness (QED) is 0.793. The van der Waals surface area contributed by atoms with Gasteiger partial charge in [-0.05, 0) is 55.4 Å². The number of carbonyl (C=O) groups is 1. The van der Waals surface area contributed by atoms with Crippen LogP contribution in [-0.4, -0.2) is 24.0 Å². The Hall–Kier alpha value is -2.07. The first-order valence-corrected chi connectivity index (χ1v) is 9.58. The third-order valence-electron chi connectivity index (χ3n) is 5.24. The van der Waals surface area contributed by atoms with Crippen LogP contribution in [0.1, 0.15) is 49.4 Å². The molecule has 0 radical (unpaired) electrons. The number of rotatable bonds is 5. The molecule has 0 atom stereocenters. The number of carbonyl (C=O) groups excluding carboxylic acids is 1. The van der Waals surface area contributed by atoms with E-state index in [0.29, 0.717) is 16.3 Å². The van der Waals surface area contributed by atoms with Gasteiger partial charge in [-0.15, -0.1) is 0 Å². The Bertz CT molecular complexity index is 770. The van der Waals surface area contributed by atoms with E-state index >= 15 is 0 Å². The van der Waals surface area contributed by atoms with Crippen molar-refractivity contribution in [1.29, 1.82) is 0 Å². The number of methoxy groups -OCH3 is 1. The molecule has 138 valence electrons. The molecule has 1 fully saturated rings. The SMILES string of the molecule is CCC1CCC(NC(=O)c2cncc(-c3ccc(OC)c(Cl)c3)c2)CC1. The van der Waals surface area contributed by atoms with Crippen LogP contribution in [0.25, 0.3) is 11.1 Å².